The summed E-state index contributed by atoms with van der Waals surface area (Å²) in [6.07, 6.45) is 4.17. The Kier molecular flexibility index (Phi) is 4.80. The number of fused-ring (bicyclic) bond motifs is 1. The molecule has 0 aliphatic carbocycles. The normalized spacial score (nSPS) is 11.5. The molecule has 0 atom stereocenters. The molecule has 4 heteroatoms. The molecule has 0 amide bonds. The highest BCUT2D eigenvalue weighted by molar-refractivity contribution is 5.86. The molecule has 0 aromatic carbocycles. The summed E-state index contributed by atoms with van der Waals surface area (Å²) in [5.41, 5.74) is 6.87. The number of pyridine rings is 2. The lowest BCUT2D eigenvalue weighted by atomic mass is 10.0. The topological polar surface area (TPSA) is 42.7 Å². The van der Waals surface area contributed by atoms with Crippen LogP contribution in [0.2, 0.25) is 0 Å². The molecule has 0 spiro atoms. The van der Waals surface area contributed by atoms with Crippen LogP contribution in [0.25, 0.3) is 22.3 Å². The second-order valence-corrected chi connectivity index (χ2v) is 6.88. The predicted molar refractivity (Wildman–Crippen MR) is 106 cm³/mol. The predicted octanol–water partition coefficient (Wildman–Crippen LogP) is 4.93. The smallest absolute Gasteiger partial charge is 0.140 e. The lowest BCUT2D eigenvalue weighted by Crippen LogP contribution is -2.03. The van der Waals surface area contributed by atoms with E-state index >= 15 is 0 Å². The number of hydrogen-bond donors (Lipinski definition) is 1. The summed E-state index contributed by atoms with van der Waals surface area (Å²) in [6, 6.07) is 6.59. The van der Waals surface area contributed by atoms with Crippen LogP contribution in [0.4, 0.5) is 5.82 Å². The van der Waals surface area contributed by atoms with E-state index in [1.807, 2.05) is 7.05 Å². The van der Waals surface area contributed by atoms with Crippen LogP contribution in [0.5, 0.6) is 0 Å². The van der Waals surface area contributed by atoms with Gasteiger partial charge in [0.1, 0.15) is 11.5 Å². The van der Waals surface area contributed by atoms with Gasteiger partial charge in [-0.1, -0.05) is 27.7 Å². The fourth-order valence-electron chi connectivity index (χ4n) is 3.38. The number of aromatic nitrogens is 3. The van der Waals surface area contributed by atoms with Crippen molar-refractivity contribution in [2.75, 3.05) is 12.4 Å². The van der Waals surface area contributed by atoms with E-state index < -0.39 is 0 Å². The number of hydrogen-bond acceptors (Lipinski definition) is 3. The van der Waals surface area contributed by atoms with E-state index in [2.05, 4.69) is 69.0 Å². The third-order valence-electron chi connectivity index (χ3n) is 4.87. The first-order valence-electron chi connectivity index (χ1n) is 9.16. The number of rotatable bonds is 5. The first-order chi connectivity index (χ1) is 12.0. The van der Waals surface area contributed by atoms with Gasteiger partial charge in [-0.25, -0.2) is 9.97 Å². The van der Waals surface area contributed by atoms with E-state index in [0.717, 1.165) is 41.3 Å². The van der Waals surface area contributed by atoms with Crippen LogP contribution in [0.3, 0.4) is 0 Å². The summed E-state index contributed by atoms with van der Waals surface area (Å²) in [5.74, 6) is 1.31. The molecular weight excluding hydrogens is 308 g/mol. The molecule has 4 nitrogen and oxygen atoms in total. The molecule has 132 valence electrons. The highest BCUT2D eigenvalue weighted by atomic mass is 15.0. The summed E-state index contributed by atoms with van der Waals surface area (Å²) >= 11 is 0. The molecule has 0 bridgehead atoms. The lowest BCUT2D eigenvalue weighted by Gasteiger charge is -2.15. The summed E-state index contributed by atoms with van der Waals surface area (Å²) < 4.78 is 2.13. The van der Waals surface area contributed by atoms with E-state index in [1.54, 1.807) is 0 Å². The van der Waals surface area contributed by atoms with E-state index in [4.69, 9.17) is 9.97 Å². The summed E-state index contributed by atoms with van der Waals surface area (Å²) in [4.78, 5) is 9.86. The van der Waals surface area contributed by atoms with Gasteiger partial charge in [0.25, 0.3) is 0 Å². The Morgan fingerprint density at radius 2 is 1.80 bits per heavy atom. The van der Waals surface area contributed by atoms with Crippen molar-refractivity contribution < 1.29 is 0 Å². The van der Waals surface area contributed by atoms with Crippen LogP contribution in [-0.2, 0) is 19.9 Å². The van der Waals surface area contributed by atoms with Gasteiger partial charge in [0, 0.05) is 36.9 Å². The van der Waals surface area contributed by atoms with Crippen molar-refractivity contribution in [3.63, 3.8) is 0 Å². The maximum absolute atomic E-state index is 5.05. The molecule has 0 saturated carbocycles. The quantitative estimate of drug-likeness (QED) is 0.719. The van der Waals surface area contributed by atoms with Gasteiger partial charge in [-0.05, 0) is 48.1 Å². The molecule has 0 saturated heterocycles. The van der Waals surface area contributed by atoms with Crippen LogP contribution in [0, 0.1) is 0 Å². The fraction of sp³-hybridized carbons (Fsp3) is 0.429. The van der Waals surface area contributed by atoms with Crippen molar-refractivity contribution in [1.82, 2.24) is 14.5 Å². The largest absolute Gasteiger partial charge is 0.373 e. The minimum atomic E-state index is 0.405. The van der Waals surface area contributed by atoms with Crippen molar-refractivity contribution in [2.24, 2.45) is 7.05 Å². The third kappa shape index (κ3) is 3.01. The van der Waals surface area contributed by atoms with Crippen molar-refractivity contribution >= 4 is 16.9 Å². The van der Waals surface area contributed by atoms with Crippen LogP contribution in [-0.4, -0.2) is 21.6 Å². The zero-order chi connectivity index (χ0) is 18.1. The zero-order valence-electron chi connectivity index (χ0n) is 16.1. The Morgan fingerprint density at radius 3 is 2.40 bits per heavy atom. The van der Waals surface area contributed by atoms with Gasteiger partial charge < -0.3 is 9.88 Å². The SMILES string of the molecule is CCc1cc2c(CC)cn(C)c2nc1-c1ccc(C(C)C)nc1NC. The number of nitrogens with zero attached hydrogens (tertiary/aromatic N) is 3. The summed E-state index contributed by atoms with van der Waals surface area (Å²) in [5, 5.41) is 4.53. The third-order valence-corrected chi connectivity index (χ3v) is 4.87. The molecule has 0 fully saturated rings. The Labute approximate surface area is 150 Å². The summed E-state index contributed by atoms with van der Waals surface area (Å²) in [7, 11) is 4.00. The zero-order valence-corrected chi connectivity index (χ0v) is 16.1. The van der Waals surface area contributed by atoms with Gasteiger partial charge in [0.05, 0.1) is 5.69 Å². The van der Waals surface area contributed by atoms with E-state index in [9.17, 15) is 0 Å². The summed E-state index contributed by atoms with van der Waals surface area (Å²) in [6.45, 7) is 8.72. The Balaban J connectivity index is 2.26. The van der Waals surface area contributed by atoms with Crippen molar-refractivity contribution in [2.45, 2.75) is 46.5 Å². The van der Waals surface area contributed by atoms with Crippen molar-refractivity contribution in [3.05, 3.63) is 41.2 Å². The molecule has 0 radical (unpaired) electrons. The molecule has 0 unspecified atom stereocenters. The molecule has 3 aromatic rings. The first-order valence-corrected chi connectivity index (χ1v) is 9.16. The standard InChI is InChI=1S/C21H28N4/c1-7-14-11-17-15(8-2)12-25(6)21(17)24-19(14)16-9-10-18(13(3)4)23-20(16)22-5/h9-13H,7-8H2,1-6H3,(H,22,23). The van der Waals surface area contributed by atoms with Crippen LogP contribution in [0.1, 0.15) is 50.4 Å². The van der Waals surface area contributed by atoms with E-state index in [0.29, 0.717) is 5.92 Å². The van der Waals surface area contributed by atoms with Gasteiger partial charge in [0.15, 0.2) is 0 Å². The maximum Gasteiger partial charge on any atom is 0.140 e. The molecule has 0 aliphatic heterocycles. The van der Waals surface area contributed by atoms with E-state index in [-0.39, 0.29) is 0 Å². The average Bonchev–Trinajstić information content (AvgIpc) is 2.95. The van der Waals surface area contributed by atoms with Gasteiger partial charge >= 0.3 is 0 Å². The minimum Gasteiger partial charge on any atom is -0.373 e. The Morgan fingerprint density at radius 1 is 1.08 bits per heavy atom. The number of aryl methyl sites for hydroxylation is 3. The van der Waals surface area contributed by atoms with E-state index in [1.165, 1.54) is 16.5 Å². The van der Waals surface area contributed by atoms with Crippen LogP contribution >= 0.6 is 0 Å². The molecule has 0 aliphatic rings. The molecular formula is C21H28N4. The first kappa shape index (κ1) is 17.5. The fourth-order valence-corrected chi connectivity index (χ4v) is 3.38. The lowest BCUT2D eigenvalue weighted by molar-refractivity contribution is 0.824. The van der Waals surface area contributed by atoms with Gasteiger partial charge in [-0.15, -0.1) is 0 Å². The van der Waals surface area contributed by atoms with Gasteiger partial charge in [0.2, 0.25) is 0 Å². The van der Waals surface area contributed by atoms with Crippen LogP contribution in [0.15, 0.2) is 24.4 Å². The number of anilines is 1. The van der Waals surface area contributed by atoms with Crippen LogP contribution < -0.4 is 5.32 Å². The average molecular weight is 336 g/mol. The monoisotopic (exact) mass is 336 g/mol. The molecule has 3 heterocycles. The number of nitrogens with one attached hydrogen (secondary N) is 1. The van der Waals surface area contributed by atoms with Crippen molar-refractivity contribution in [3.8, 4) is 11.3 Å². The second-order valence-electron chi connectivity index (χ2n) is 6.88. The van der Waals surface area contributed by atoms with Gasteiger partial charge in [-0.2, -0.15) is 0 Å². The minimum absolute atomic E-state index is 0.405. The molecule has 3 aromatic heterocycles. The Hall–Kier alpha value is -2.36. The van der Waals surface area contributed by atoms with Gasteiger partial charge in [-0.3, -0.25) is 0 Å². The highest BCUT2D eigenvalue weighted by Gasteiger charge is 2.17. The molecule has 25 heavy (non-hydrogen) atoms. The maximum atomic E-state index is 5.05. The van der Waals surface area contributed by atoms with Crippen molar-refractivity contribution in [1.29, 1.82) is 0 Å². The molecule has 1 N–H and O–H groups in total. The second kappa shape index (κ2) is 6.87. The molecule has 3 rings (SSSR count). The Bertz CT molecular complexity index is 906. The highest BCUT2D eigenvalue weighted by Crippen LogP contribution is 2.33.